The molecule has 0 amide bonds. The number of carbonyl (C=O) groups is 1. The van der Waals surface area contributed by atoms with Crippen LogP contribution in [0.25, 0.3) is 0 Å². The molecule has 0 atom stereocenters. The summed E-state index contributed by atoms with van der Waals surface area (Å²) >= 11 is 1.55. The monoisotopic (exact) mass is 228 g/mol. The number of carboxylic acids is 1. The molecule has 5 heteroatoms. The summed E-state index contributed by atoms with van der Waals surface area (Å²) in [5, 5.41) is 9.12. The van der Waals surface area contributed by atoms with Crippen LogP contribution in [0, 0.1) is 0 Å². The largest absolute Gasteiger partial charge is 0.480 e. The van der Waals surface area contributed by atoms with Crippen LogP contribution in [-0.4, -0.2) is 33.0 Å². The number of likely N-dealkylation sites (N-methyl/N-ethyl adjacent to an activating group) is 1. The minimum absolute atomic E-state index is 0.639. The molecule has 84 valence electrons. The number of hydrogen-bond donors (Lipinski definition) is 1. The molecule has 0 unspecified atom stereocenters. The van der Waals surface area contributed by atoms with Gasteiger partial charge in [-0.05, 0) is 20.4 Å². The van der Waals surface area contributed by atoms with Crippen molar-refractivity contribution >= 4 is 17.3 Å². The number of aromatic nitrogens is 1. The van der Waals surface area contributed by atoms with Gasteiger partial charge < -0.3 is 5.11 Å². The molecule has 0 saturated heterocycles. The predicted molar refractivity (Wildman–Crippen MR) is 59.9 cm³/mol. The standard InChI is InChI=1S/C10H16N2O2S/c1-4-12(10(2,3)9(13)14)6-8-5-11-7-15-8/h5,7H,4,6H2,1-3H3,(H,13,14). The normalized spacial score (nSPS) is 12.0. The molecule has 1 aromatic heterocycles. The van der Waals surface area contributed by atoms with Gasteiger partial charge in [0.15, 0.2) is 0 Å². The third-order valence-electron chi connectivity index (χ3n) is 2.53. The molecule has 1 N–H and O–H groups in total. The molecule has 15 heavy (non-hydrogen) atoms. The van der Waals surface area contributed by atoms with Gasteiger partial charge in [-0.2, -0.15) is 0 Å². The van der Waals surface area contributed by atoms with Gasteiger partial charge >= 0.3 is 5.97 Å². The molecule has 4 nitrogen and oxygen atoms in total. The second kappa shape index (κ2) is 4.72. The van der Waals surface area contributed by atoms with E-state index in [1.54, 1.807) is 36.9 Å². The smallest absolute Gasteiger partial charge is 0.323 e. The molecule has 0 aliphatic rings. The van der Waals surface area contributed by atoms with Crippen molar-refractivity contribution in [1.29, 1.82) is 0 Å². The van der Waals surface area contributed by atoms with E-state index in [1.807, 2.05) is 11.8 Å². The highest BCUT2D eigenvalue weighted by atomic mass is 32.1. The number of aliphatic carboxylic acids is 1. The second-order valence-corrected chi connectivity index (χ2v) is 4.82. The fourth-order valence-electron chi connectivity index (χ4n) is 1.35. The maximum atomic E-state index is 11.1. The summed E-state index contributed by atoms with van der Waals surface area (Å²) in [5.74, 6) is -0.797. The van der Waals surface area contributed by atoms with Crippen LogP contribution in [0.4, 0.5) is 0 Å². The fraction of sp³-hybridized carbons (Fsp3) is 0.600. The number of hydrogen-bond acceptors (Lipinski definition) is 4. The van der Waals surface area contributed by atoms with Gasteiger partial charge in [0.05, 0.1) is 5.51 Å². The van der Waals surface area contributed by atoms with Gasteiger partial charge in [-0.1, -0.05) is 6.92 Å². The second-order valence-electron chi connectivity index (χ2n) is 3.85. The third kappa shape index (κ3) is 2.76. The quantitative estimate of drug-likeness (QED) is 0.835. The van der Waals surface area contributed by atoms with Gasteiger partial charge in [-0.3, -0.25) is 14.7 Å². The molecule has 0 bridgehead atoms. The Morgan fingerprint density at radius 3 is 2.73 bits per heavy atom. The molecule has 0 aliphatic carbocycles. The van der Waals surface area contributed by atoms with E-state index in [9.17, 15) is 4.79 Å². The Morgan fingerprint density at radius 1 is 1.67 bits per heavy atom. The molecule has 1 rings (SSSR count). The van der Waals surface area contributed by atoms with Crippen LogP contribution < -0.4 is 0 Å². The van der Waals surface area contributed by atoms with Gasteiger partial charge in [0.25, 0.3) is 0 Å². The first kappa shape index (κ1) is 12.1. The summed E-state index contributed by atoms with van der Waals surface area (Å²) in [4.78, 5) is 18.1. The van der Waals surface area contributed by atoms with Crippen LogP contribution in [0.3, 0.4) is 0 Å². The molecular formula is C10H16N2O2S. The molecule has 1 heterocycles. The molecule has 0 aliphatic heterocycles. The SMILES string of the molecule is CCN(Cc1cncs1)C(C)(C)C(=O)O. The van der Waals surface area contributed by atoms with Gasteiger partial charge in [-0.25, -0.2) is 0 Å². The Labute approximate surface area is 93.6 Å². The summed E-state index contributed by atoms with van der Waals surface area (Å²) in [6.07, 6.45) is 1.78. The average Bonchev–Trinajstić information content (AvgIpc) is 2.65. The fourth-order valence-corrected chi connectivity index (χ4v) is 1.96. The summed E-state index contributed by atoms with van der Waals surface area (Å²) < 4.78 is 0. The zero-order chi connectivity index (χ0) is 11.5. The van der Waals surface area contributed by atoms with Crippen molar-refractivity contribution in [3.05, 3.63) is 16.6 Å². The van der Waals surface area contributed by atoms with Crippen molar-refractivity contribution in [1.82, 2.24) is 9.88 Å². The highest BCUT2D eigenvalue weighted by Crippen LogP contribution is 2.19. The molecule has 0 aromatic carbocycles. The Kier molecular flexibility index (Phi) is 3.82. The number of carboxylic acid groups (broad SMARTS) is 1. The van der Waals surface area contributed by atoms with Gasteiger partial charge in [0.1, 0.15) is 5.54 Å². The molecule has 0 spiro atoms. The van der Waals surface area contributed by atoms with Crippen molar-refractivity contribution in [2.24, 2.45) is 0 Å². The highest BCUT2D eigenvalue weighted by Gasteiger charge is 2.33. The van der Waals surface area contributed by atoms with Crippen LogP contribution in [-0.2, 0) is 11.3 Å². The van der Waals surface area contributed by atoms with Gasteiger partial charge in [0, 0.05) is 17.6 Å². The average molecular weight is 228 g/mol. The third-order valence-corrected chi connectivity index (χ3v) is 3.29. The zero-order valence-electron chi connectivity index (χ0n) is 9.23. The summed E-state index contributed by atoms with van der Waals surface area (Å²) in [6.45, 7) is 6.75. The Balaban J connectivity index is 2.76. The van der Waals surface area contributed by atoms with Crippen molar-refractivity contribution in [2.75, 3.05) is 6.54 Å². The lowest BCUT2D eigenvalue weighted by atomic mass is 10.0. The van der Waals surface area contributed by atoms with Crippen LogP contribution >= 0.6 is 11.3 Å². The van der Waals surface area contributed by atoms with E-state index >= 15 is 0 Å². The molecule has 0 radical (unpaired) electrons. The molecule has 1 aromatic rings. The van der Waals surface area contributed by atoms with Crippen molar-refractivity contribution < 1.29 is 9.90 Å². The maximum Gasteiger partial charge on any atom is 0.323 e. The lowest BCUT2D eigenvalue weighted by Gasteiger charge is -2.33. The van der Waals surface area contributed by atoms with Crippen LogP contribution in [0.5, 0.6) is 0 Å². The van der Waals surface area contributed by atoms with E-state index in [4.69, 9.17) is 5.11 Å². The number of thiazole rings is 1. The van der Waals surface area contributed by atoms with Gasteiger partial charge in [-0.15, -0.1) is 11.3 Å². The number of rotatable bonds is 5. The number of nitrogens with zero attached hydrogens (tertiary/aromatic N) is 2. The van der Waals surface area contributed by atoms with E-state index in [0.29, 0.717) is 13.1 Å². The Hall–Kier alpha value is -0.940. The summed E-state index contributed by atoms with van der Waals surface area (Å²) in [5.41, 5.74) is 0.926. The first-order chi connectivity index (χ1) is 6.98. The Morgan fingerprint density at radius 2 is 2.33 bits per heavy atom. The predicted octanol–water partition coefficient (Wildman–Crippen LogP) is 1.83. The van der Waals surface area contributed by atoms with Crippen molar-refractivity contribution in [3.63, 3.8) is 0 Å². The van der Waals surface area contributed by atoms with E-state index in [1.165, 1.54) is 0 Å². The van der Waals surface area contributed by atoms with Crippen LogP contribution in [0.1, 0.15) is 25.6 Å². The topological polar surface area (TPSA) is 53.4 Å². The Bertz CT molecular complexity index is 322. The van der Waals surface area contributed by atoms with E-state index in [0.717, 1.165) is 4.88 Å². The summed E-state index contributed by atoms with van der Waals surface area (Å²) in [7, 11) is 0. The minimum atomic E-state index is -0.835. The lowest BCUT2D eigenvalue weighted by Crippen LogP contribution is -2.49. The highest BCUT2D eigenvalue weighted by molar-refractivity contribution is 7.09. The van der Waals surface area contributed by atoms with E-state index in [-0.39, 0.29) is 0 Å². The summed E-state index contributed by atoms with van der Waals surface area (Å²) in [6, 6.07) is 0. The van der Waals surface area contributed by atoms with Crippen molar-refractivity contribution in [2.45, 2.75) is 32.9 Å². The first-order valence-corrected chi connectivity index (χ1v) is 5.72. The van der Waals surface area contributed by atoms with Crippen LogP contribution in [0.15, 0.2) is 11.7 Å². The molecular weight excluding hydrogens is 212 g/mol. The maximum absolute atomic E-state index is 11.1. The van der Waals surface area contributed by atoms with E-state index in [2.05, 4.69) is 4.98 Å². The van der Waals surface area contributed by atoms with Crippen LogP contribution in [0.2, 0.25) is 0 Å². The molecule has 0 fully saturated rings. The molecule has 0 saturated carbocycles. The van der Waals surface area contributed by atoms with E-state index < -0.39 is 11.5 Å². The van der Waals surface area contributed by atoms with Gasteiger partial charge in [0.2, 0.25) is 0 Å². The zero-order valence-corrected chi connectivity index (χ0v) is 10.0. The van der Waals surface area contributed by atoms with Crippen molar-refractivity contribution in [3.8, 4) is 0 Å². The first-order valence-electron chi connectivity index (χ1n) is 4.84. The minimum Gasteiger partial charge on any atom is -0.480 e. The lowest BCUT2D eigenvalue weighted by molar-refractivity contribution is -0.149.